The largest absolute Gasteiger partial charge is 0.506 e. The van der Waals surface area contributed by atoms with Crippen molar-refractivity contribution in [2.45, 2.75) is 0 Å². The van der Waals surface area contributed by atoms with Crippen molar-refractivity contribution >= 4 is 10.9 Å². The molecule has 0 radical (unpaired) electrons. The molecule has 0 spiro atoms. The number of aromatic nitrogens is 1. The summed E-state index contributed by atoms with van der Waals surface area (Å²) in [5, 5.41) is 19.2. The van der Waals surface area contributed by atoms with E-state index in [4.69, 9.17) is 14.7 Å². The van der Waals surface area contributed by atoms with Gasteiger partial charge in [-0.3, -0.25) is 4.98 Å². The molecule has 0 aliphatic rings. The normalized spacial score (nSPS) is 9.94. The maximum absolute atomic E-state index is 9.98. The highest BCUT2D eigenvalue weighted by atomic mass is 16.5. The van der Waals surface area contributed by atoms with E-state index in [0.717, 1.165) is 0 Å². The SMILES string of the molecule is COc1ccc(OC)c2c(O)c(C#N)cnc12. The maximum atomic E-state index is 9.98. The fourth-order valence-corrected chi connectivity index (χ4v) is 1.65. The minimum absolute atomic E-state index is 0.101. The van der Waals surface area contributed by atoms with Gasteiger partial charge >= 0.3 is 0 Å². The van der Waals surface area contributed by atoms with Gasteiger partial charge in [0.2, 0.25) is 0 Å². The summed E-state index contributed by atoms with van der Waals surface area (Å²) in [7, 11) is 3.00. The topological polar surface area (TPSA) is 75.4 Å². The fourth-order valence-electron chi connectivity index (χ4n) is 1.65. The Balaban J connectivity index is 2.92. The monoisotopic (exact) mass is 230 g/mol. The third-order valence-electron chi connectivity index (χ3n) is 2.48. The van der Waals surface area contributed by atoms with Crippen LogP contribution < -0.4 is 9.47 Å². The lowest BCUT2D eigenvalue weighted by molar-refractivity contribution is 0.406. The zero-order valence-electron chi connectivity index (χ0n) is 9.39. The van der Waals surface area contributed by atoms with Crippen molar-refractivity contribution in [3.8, 4) is 23.3 Å². The van der Waals surface area contributed by atoms with Gasteiger partial charge in [-0.15, -0.1) is 0 Å². The molecule has 0 aliphatic carbocycles. The summed E-state index contributed by atoms with van der Waals surface area (Å²) in [5.41, 5.74) is 0.562. The van der Waals surface area contributed by atoms with E-state index in [1.807, 2.05) is 6.07 Å². The van der Waals surface area contributed by atoms with E-state index in [0.29, 0.717) is 22.4 Å². The van der Waals surface area contributed by atoms with Crippen molar-refractivity contribution in [1.29, 1.82) is 5.26 Å². The molecule has 86 valence electrons. The second-order valence-corrected chi connectivity index (χ2v) is 3.33. The number of fused-ring (bicyclic) bond motifs is 1. The summed E-state index contributed by atoms with van der Waals surface area (Å²) < 4.78 is 10.3. The van der Waals surface area contributed by atoms with Gasteiger partial charge in [0.05, 0.1) is 19.6 Å². The van der Waals surface area contributed by atoms with E-state index in [-0.39, 0.29) is 11.3 Å². The van der Waals surface area contributed by atoms with E-state index in [1.165, 1.54) is 20.4 Å². The molecular formula is C12H10N2O3. The van der Waals surface area contributed by atoms with E-state index >= 15 is 0 Å². The molecule has 0 saturated carbocycles. The fraction of sp³-hybridized carbons (Fsp3) is 0.167. The Morgan fingerprint density at radius 1 is 1.24 bits per heavy atom. The molecule has 5 nitrogen and oxygen atoms in total. The Bertz CT molecular complexity index is 617. The number of benzene rings is 1. The summed E-state index contributed by atoms with van der Waals surface area (Å²) >= 11 is 0. The number of nitrogens with zero attached hydrogens (tertiary/aromatic N) is 2. The van der Waals surface area contributed by atoms with Crippen molar-refractivity contribution < 1.29 is 14.6 Å². The number of hydrogen-bond acceptors (Lipinski definition) is 5. The Kier molecular flexibility index (Phi) is 2.71. The second-order valence-electron chi connectivity index (χ2n) is 3.33. The summed E-state index contributed by atoms with van der Waals surface area (Å²) in [6, 6.07) is 5.22. The summed E-state index contributed by atoms with van der Waals surface area (Å²) in [5.74, 6) is 0.816. The quantitative estimate of drug-likeness (QED) is 0.851. The summed E-state index contributed by atoms with van der Waals surface area (Å²) in [6.07, 6.45) is 1.31. The summed E-state index contributed by atoms with van der Waals surface area (Å²) in [4.78, 5) is 4.10. The third-order valence-corrected chi connectivity index (χ3v) is 2.48. The van der Waals surface area contributed by atoms with Gasteiger partial charge < -0.3 is 14.6 Å². The van der Waals surface area contributed by atoms with Crippen LogP contribution in [0.4, 0.5) is 0 Å². The predicted octanol–water partition coefficient (Wildman–Crippen LogP) is 1.83. The van der Waals surface area contributed by atoms with E-state index in [2.05, 4.69) is 4.98 Å². The standard InChI is InChI=1S/C12H10N2O3/c1-16-8-3-4-9(17-2)11-10(8)12(15)7(5-13)6-14-11/h3-4,6H,1-2H3,(H,14,15). The Morgan fingerprint density at radius 3 is 2.47 bits per heavy atom. The second kappa shape index (κ2) is 4.18. The third kappa shape index (κ3) is 1.60. The molecule has 0 unspecified atom stereocenters. The summed E-state index contributed by atoms with van der Waals surface area (Å²) in [6.45, 7) is 0. The Hall–Kier alpha value is -2.48. The number of methoxy groups -OCH3 is 2. The number of hydrogen-bond donors (Lipinski definition) is 1. The molecule has 0 fully saturated rings. The Morgan fingerprint density at radius 2 is 1.88 bits per heavy atom. The highest BCUT2D eigenvalue weighted by Crippen LogP contribution is 2.38. The first kappa shape index (κ1) is 11.0. The van der Waals surface area contributed by atoms with Gasteiger partial charge in [-0.2, -0.15) is 5.26 Å². The van der Waals surface area contributed by atoms with Crippen LogP contribution in [0.5, 0.6) is 17.2 Å². The van der Waals surface area contributed by atoms with Crippen molar-refractivity contribution in [2.75, 3.05) is 14.2 Å². The zero-order valence-corrected chi connectivity index (χ0v) is 9.39. The molecule has 5 heteroatoms. The lowest BCUT2D eigenvalue weighted by Crippen LogP contribution is -1.93. The maximum Gasteiger partial charge on any atom is 0.148 e. The first-order valence-electron chi connectivity index (χ1n) is 4.85. The molecule has 0 aliphatic heterocycles. The van der Waals surface area contributed by atoms with Crippen LogP contribution in [0.1, 0.15) is 5.56 Å². The van der Waals surface area contributed by atoms with Gasteiger partial charge in [0, 0.05) is 6.20 Å². The van der Waals surface area contributed by atoms with Crippen molar-refractivity contribution in [1.82, 2.24) is 4.98 Å². The molecule has 0 atom stereocenters. The van der Waals surface area contributed by atoms with Crippen LogP contribution in [0, 0.1) is 11.3 Å². The van der Waals surface area contributed by atoms with Gasteiger partial charge in [-0.1, -0.05) is 0 Å². The molecule has 1 N–H and O–H groups in total. The molecule has 2 rings (SSSR count). The van der Waals surface area contributed by atoms with Gasteiger partial charge in [0.25, 0.3) is 0 Å². The van der Waals surface area contributed by atoms with Gasteiger partial charge in [-0.05, 0) is 12.1 Å². The van der Waals surface area contributed by atoms with Gasteiger partial charge in [-0.25, -0.2) is 0 Å². The average molecular weight is 230 g/mol. The number of nitriles is 1. The Labute approximate surface area is 97.8 Å². The average Bonchev–Trinajstić information content (AvgIpc) is 2.38. The highest BCUT2D eigenvalue weighted by molar-refractivity contribution is 5.96. The van der Waals surface area contributed by atoms with Crippen LogP contribution in [0.15, 0.2) is 18.3 Å². The molecule has 17 heavy (non-hydrogen) atoms. The van der Waals surface area contributed by atoms with Crippen LogP contribution in [0.3, 0.4) is 0 Å². The predicted molar refractivity (Wildman–Crippen MR) is 61.2 cm³/mol. The van der Waals surface area contributed by atoms with E-state index in [9.17, 15) is 5.11 Å². The smallest absolute Gasteiger partial charge is 0.148 e. The first-order chi connectivity index (χ1) is 8.22. The molecule has 0 saturated heterocycles. The van der Waals surface area contributed by atoms with Gasteiger partial charge in [0.15, 0.2) is 0 Å². The highest BCUT2D eigenvalue weighted by Gasteiger charge is 2.15. The van der Waals surface area contributed by atoms with Crippen LogP contribution >= 0.6 is 0 Å². The number of aromatic hydroxyl groups is 1. The van der Waals surface area contributed by atoms with Crippen molar-refractivity contribution in [3.05, 3.63) is 23.9 Å². The van der Waals surface area contributed by atoms with E-state index < -0.39 is 0 Å². The van der Waals surface area contributed by atoms with E-state index in [1.54, 1.807) is 12.1 Å². The number of pyridine rings is 1. The molecule has 2 aromatic rings. The first-order valence-corrected chi connectivity index (χ1v) is 4.85. The van der Waals surface area contributed by atoms with Crippen LogP contribution in [0.2, 0.25) is 0 Å². The molecule has 1 aromatic heterocycles. The molecule has 1 aromatic carbocycles. The minimum atomic E-state index is -0.145. The molecule has 1 heterocycles. The molecule has 0 amide bonds. The van der Waals surface area contributed by atoms with Crippen molar-refractivity contribution in [2.24, 2.45) is 0 Å². The van der Waals surface area contributed by atoms with Crippen LogP contribution in [-0.4, -0.2) is 24.3 Å². The van der Waals surface area contributed by atoms with Crippen LogP contribution in [-0.2, 0) is 0 Å². The van der Waals surface area contributed by atoms with Crippen LogP contribution in [0.25, 0.3) is 10.9 Å². The molecule has 0 bridgehead atoms. The molecular weight excluding hydrogens is 220 g/mol. The minimum Gasteiger partial charge on any atom is -0.506 e. The number of ether oxygens (including phenoxy) is 2. The van der Waals surface area contributed by atoms with Gasteiger partial charge in [0.1, 0.15) is 34.4 Å². The zero-order chi connectivity index (χ0) is 12.4. The van der Waals surface area contributed by atoms with Crippen molar-refractivity contribution in [3.63, 3.8) is 0 Å². The lowest BCUT2D eigenvalue weighted by atomic mass is 10.1. The lowest BCUT2D eigenvalue weighted by Gasteiger charge is -2.10. The number of rotatable bonds is 2.